The second kappa shape index (κ2) is 4.85. The molecule has 1 heterocycles. The maximum absolute atomic E-state index is 4.35. The van der Waals surface area contributed by atoms with Crippen molar-refractivity contribution in [3.05, 3.63) is 34.6 Å². The van der Waals surface area contributed by atoms with Crippen molar-refractivity contribution < 1.29 is 0 Å². The fourth-order valence-corrected chi connectivity index (χ4v) is 3.87. The molecule has 3 rings (SSSR count). The van der Waals surface area contributed by atoms with Gasteiger partial charge in [0, 0.05) is 24.7 Å². The number of likely N-dealkylation sites (tertiary alicyclic amines) is 1. The first-order valence-electron chi connectivity index (χ1n) is 7.94. The van der Waals surface area contributed by atoms with Gasteiger partial charge in [0.1, 0.15) is 0 Å². The predicted molar refractivity (Wildman–Crippen MR) is 81.9 cm³/mol. The van der Waals surface area contributed by atoms with Crippen molar-refractivity contribution >= 4 is 0 Å². The zero-order chi connectivity index (χ0) is 13.6. The first-order valence-corrected chi connectivity index (χ1v) is 7.94. The van der Waals surface area contributed by atoms with Crippen molar-refractivity contribution in [3.8, 4) is 0 Å². The van der Waals surface area contributed by atoms with Crippen LogP contribution in [0.3, 0.4) is 0 Å². The lowest BCUT2D eigenvalue weighted by atomic mass is 10.0. The first kappa shape index (κ1) is 13.0. The van der Waals surface area contributed by atoms with Crippen LogP contribution < -0.4 is 0 Å². The van der Waals surface area contributed by atoms with E-state index in [9.17, 15) is 0 Å². The Balaban J connectivity index is 1.47. The predicted octanol–water partition coefficient (Wildman–Crippen LogP) is 4.68. The fraction of sp³-hybridized carbons (Fsp3) is 0.667. The fourth-order valence-electron chi connectivity index (χ4n) is 3.87. The average Bonchev–Trinajstić information content (AvgIpc) is 3.12. The minimum Gasteiger partial charge on any atom is -0.375 e. The van der Waals surface area contributed by atoms with Crippen LogP contribution >= 0.6 is 0 Å². The molecule has 0 N–H and O–H groups in total. The van der Waals surface area contributed by atoms with E-state index >= 15 is 0 Å². The molecule has 1 aliphatic heterocycles. The molecule has 0 spiro atoms. The third kappa shape index (κ3) is 2.28. The highest BCUT2D eigenvalue weighted by atomic mass is 15.1. The molecule has 1 saturated heterocycles. The Kier molecular flexibility index (Phi) is 3.32. The summed E-state index contributed by atoms with van der Waals surface area (Å²) in [5.74, 6) is 1.71. The minimum absolute atomic E-state index is 0.808. The Morgan fingerprint density at radius 1 is 1.16 bits per heavy atom. The van der Waals surface area contributed by atoms with Gasteiger partial charge < -0.3 is 4.90 Å². The zero-order valence-electron chi connectivity index (χ0n) is 12.8. The highest BCUT2D eigenvalue weighted by Gasteiger charge is 2.46. The van der Waals surface area contributed by atoms with Crippen molar-refractivity contribution in [1.29, 1.82) is 0 Å². The van der Waals surface area contributed by atoms with Gasteiger partial charge in [-0.2, -0.15) is 0 Å². The van der Waals surface area contributed by atoms with Crippen LogP contribution in [0.5, 0.6) is 0 Å². The highest BCUT2D eigenvalue weighted by molar-refractivity contribution is 5.74. The standard InChI is InChI=1S/C18H27N/c1-12-6-5-10-19(11-9-12)13(2)7-8-16-17-14(3)15(4)18(16)17/h12,16H,2,5-11H2,1,3-4H3. The van der Waals surface area contributed by atoms with Gasteiger partial charge in [-0.15, -0.1) is 0 Å². The van der Waals surface area contributed by atoms with E-state index < -0.39 is 0 Å². The van der Waals surface area contributed by atoms with Crippen molar-refractivity contribution in [3.63, 3.8) is 0 Å². The van der Waals surface area contributed by atoms with E-state index in [4.69, 9.17) is 0 Å². The maximum atomic E-state index is 4.35. The Bertz CT molecular complexity index is 442. The summed E-state index contributed by atoms with van der Waals surface area (Å²) in [6, 6.07) is 0. The molecule has 1 unspecified atom stereocenters. The number of hydrogen-bond acceptors (Lipinski definition) is 1. The summed E-state index contributed by atoms with van der Waals surface area (Å²) >= 11 is 0. The summed E-state index contributed by atoms with van der Waals surface area (Å²) in [4.78, 5) is 2.55. The summed E-state index contributed by atoms with van der Waals surface area (Å²) in [6.07, 6.45) is 6.57. The van der Waals surface area contributed by atoms with Gasteiger partial charge in [0.05, 0.1) is 0 Å². The van der Waals surface area contributed by atoms with E-state index in [0.717, 1.165) is 11.8 Å². The van der Waals surface area contributed by atoms with Gasteiger partial charge in [0.2, 0.25) is 0 Å². The van der Waals surface area contributed by atoms with Gasteiger partial charge in [0.25, 0.3) is 0 Å². The van der Waals surface area contributed by atoms with Crippen LogP contribution in [0.15, 0.2) is 34.6 Å². The molecule has 1 heteroatoms. The molecule has 0 aromatic rings. The highest BCUT2D eigenvalue weighted by Crippen LogP contribution is 2.60. The lowest BCUT2D eigenvalue weighted by Gasteiger charge is -2.25. The summed E-state index contributed by atoms with van der Waals surface area (Å²) in [5, 5.41) is 0. The molecule has 19 heavy (non-hydrogen) atoms. The number of hydrogen-bond donors (Lipinski definition) is 0. The normalized spacial score (nSPS) is 27.1. The van der Waals surface area contributed by atoms with Crippen LogP contribution in [-0.2, 0) is 0 Å². The molecule has 1 saturated carbocycles. The van der Waals surface area contributed by atoms with Gasteiger partial charge in [-0.3, -0.25) is 0 Å². The molecule has 104 valence electrons. The largest absolute Gasteiger partial charge is 0.375 e. The van der Waals surface area contributed by atoms with Crippen molar-refractivity contribution in [2.75, 3.05) is 13.1 Å². The third-order valence-electron chi connectivity index (χ3n) is 5.46. The maximum Gasteiger partial charge on any atom is 0.0177 e. The Morgan fingerprint density at radius 2 is 1.84 bits per heavy atom. The van der Waals surface area contributed by atoms with Crippen molar-refractivity contribution in [2.24, 2.45) is 11.8 Å². The number of allylic oxidation sites excluding steroid dienone is 5. The lowest BCUT2D eigenvalue weighted by molar-refractivity contribution is 0.339. The van der Waals surface area contributed by atoms with Crippen LogP contribution in [0.2, 0.25) is 0 Å². The van der Waals surface area contributed by atoms with E-state index in [-0.39, 0.29) is 0 Å². The molecular weight excluding hydrogens is 230 g/mol. The minimum atomic E-state index is 0.808. The zero-order valence-corrected chi connectivity index (χ0v) is 12.8. The summed E-state index contributed by atoms with van der Waals surface area (Å²) < 4.78 is 0. The SMILES string of the molecule is C=C(CCC1C2=C(C)C(C)=C21)N1CCCC(C)CC1. The van der Waals surface area contributed by atoms with Crippen molar-refractivity contribution in [2.45, 2.75) is 52.9 Å². The summed E-state index contributed by atoms with van der Waals surface area (Å²) in [7, 11) is 0. The third-order valence-corrected chi connectivity index (χ3v) is 5.46. The van der Waals surface area contributed by atoms with Crippen molar-refractivity contribution in [1.82, 2.24) is 4.90 Å². The molecule has 0 aromatic heterocycles. The van der Waals surface area contributed by atoms with Gasteiger partial charge in [-0.1, -0.05) is 13.5 Å². The van der Waals surface area contributed by atoms with Gasteiger partial charge in [-0.25, -0.2) is 0 Å². The van der Waals surface area contributed by atoms with Gasteiger partial charge in [-0.05, 0) is 74.2 Å². The van der Waals surface area contributed by atoms with E-state index in [1.54, 1.807) is 22.3 Å². The van der Waals surface area contributed by atoms with E-state index in [1.807, 2.05) is 0 Å². The summed E-state index contributed by atoms with van der Waals surface area (Å²) in [5.41, 5.74) is 7.92. The molecule has 3 aliphatic rings. The van der Waals surface area contributed by atoms with Gasteiger partial charge in [0.15, 0.2) is 0 Å². The van der Waals surface area contributed by atoms with Crippen LogP contribution in [0.4, 0.5) is 0 Å². The lowest BCUT2D eigenvalue weighted by Crippen LogP contribution is -2.23. The molecule has 0 aromatic carbocycles. The molecular formula is C18H27N. The average molecular weight is 257 g/mol. The topological polar surface area (TPSA) is 3.24 Å². The number of rotatable bonds is 4. The van der Waals surface area contributed by atoms with Crippen LogP contribution in [0.25, 0.3) is 0 Å². The molecule has 1 nitrogen and oxygen atoms in total. The van der Waals surface area contributed by atoms with E-state index in [1.165, 1.54) is 50.9 Å². The Morgan fingerprint density at radius 3 is 2.53 bits per heavy atom. The second-order valence-electron chi connectivity index (χ2n) is 6.76. The molecule has 2 fully saturated rings. The Labute approximate surface area is 118 Å². The Hall–Kier alpha value is -0.980. The second-order valence-corrected chi connectivity index (χ2v) is 6.76. The van der Waals surface area contributed by atoms with Crippen LogP contribution in [0, 0.1) is 11.8 Å². The molecule has 0 amide bonds. The summed E-state index contributed by atoms with van der Waals surface area (Å²) in [6.45, 7) is 13.8. The smallest absolute Gasteiger partial charge is 0.0177 e. The molecule has 1 atom stereocenters. The molecule has 2 aliphatic carbocycles. The van der Waals surface area contributed by atoms with Crippen LogP contribution in [0.1, 0.15) is 52.9 Å². The van der Waals surface area contributed by atoms with E-state index in [2.05, 4.69) is 32.3 Å². The number of fused-ring (bicyclic) bond motifs is 1. The van der Waals surface area contributed by atoms with Crippen LogP contribution in [-0.4, -0.2) is 18.0 Å². The first-order chi connectivity index (χ1) is 9.09. The number of nitrogens with zero attached hydrogens (tertiary/aromatic N) is 1. The van der Waals surface area contributed by atoms with Gasteiger partial charge >= 0.3 is 0 Å². The monoisotopic (exact) mass is 257 g/mol. The van der Waals surface area contributed by atoms with E-state index in [0.29, 0.717) is 0 Å². The molecule has 0 radical (unpaired) electrons. The molecule has 0 bridgehead atoms. The quantitative estimate of drug-likeness (QED) is 0.707.